The van der Waals surface area contributed by atoms with E-state index in [-0.39, 0.29) is 0 Å². The van der Waals surface area contributed by atoms with Crippen LogP contribution in [0.4, 0.5) is 18.9 Å². The van der Waals surface area contributed by atoms with E-state index in [9.17, 15) is 31.7 Å². The Labute approximate surface area is 113 Å². The van der Waals surface area contributed by atoms with Crippen molar-refractivity contribution in [1.82, 2.24) is 0 Å². The summed E-state index contributed by atoms with van der Waals surface area (Å²) in [6, 6.07) is 1.28. The van der Waals surface area contributed by atoms with Crippen molar-refractivity contribution in [1.29, 1.82) is 0 Å². The van der Waals surface area contributed by atoms with Crippen LogP contribution in [0.3, 0.4) is 0 Å². The normalized spacial score (nSPS) is 12.3. The zero-order valence-electron chi connectivity index (χ0n) is 8.44. The van der Waals surface area contributed by atoms with Gasteiger partial charge >= 0.3 is 12.0 Å². The van der Waals surface area contributed by atoms with Crippen LogP contribution in [0.25, 0.3) is 0 Å². The summed E-state index contributed by atoms with van der Waals surface area (Å²) in [5.74, 6) is -1.58. The van der Waals surface area contributed by atoms with Crippen molar-refractivity contribution in [3.05, 3.63) is 27.3 Å². The van der Waals surface area contributed by atoms with E-state index < -0.39 is 41.7 Å². The largest absolute Gasteiger partial charge is 0.573 e. The van der Waals surface area contributed by atoms with Gasteiger partial charge in [0, 0.05) is 16.7 Å². The molecule has 1 aromatic carbocycles. The molecule has 0 aliphatic heterocycles. The summed E-state index contributed by atoms with van der Waals surface area (Å²) in [6.07, 6.45) is -5.36. The molecule has 0 heterocycles. The van der Waals surface area contributed by atoms with E-state index in [2.05, 4.69) is 4.74 Å². The number of nitro groups is 1. The predicted molar refractivity (Wildman–Crippen MR) is 57.8 cm³/mol. The maximum atomic E-state index is 12.2. The van der Waals surface area contributed by atoms with Crippen LogP contribution in [0.1, 0.15) is 0 Å². The molecule has 1 rings (SSSR count). The topological polar surface area (TPSA) is 86.5 Å². The molecule has 0 aliphatic carbocycles. The van der Waals surface area contributed by atoms with Crippen molar-refractivity contribution in [2.24, 2.45) is 0 Å². The first-order valence-electron chi connectivity index (χ1n) is 4.11. The Kier molecular flexibility index (Phi) is 4.17. The van der Waals surface area contributed by atoms with E-state index in [0.717, 1.165) is 6.07 Å². The molecular weight excluding hydrogens is 338 g/mol. The summed E-state index contributed by atoms with van der Waals surface area (Å²) in [5.41, 5.74) is -1.24. The SMILES string of the molecule is O=[N+]([O-])c1ccc(Cl)c(S(=O)(=O)Cl)c1OC(F)(F)F. The van der Waals surface area contributed by atoms with Crippen LogP contribution in [-0.2, 0) is 9.05 Å². The molecule has 0 saturated heterocycles. The molecule has 0 radical (unpaired) electrons. The van der Waals surface area contributed by atoms with Crippen molar-refractivity contribution in [3.63, 3.8) is 0 Å². The maximum Gasteiger partial charge on any atom is 0.573 e. The predicted octanol–water partition coefficient (Wildman–Crippen LogP) is 3.07. The maximum absolute atomic E-state index is 12.2. The van der Waals surface area contributed by atoms with Crippen LogP contribution in [0.5, 0.6) is 5.75 Å². The fourth-order valence-corrected chi connectivity index (χ4v) is 2.81. The van der Waals surface area contributed by atoms with E-state index in [1.165, 1.54) is 0 Å². The quantitative estimate of drug-likeness (QED) is 0.479. The van der Waals surface area contributed by atoms with Crippen molar-refractivity contribution in [2.45, 2.75) is 11.3 Å². The highest BCUT2D eigenvalue weighted by molar-refractivity contribution is 8.14. The number of rotatable bonds is 3. The van der Waals surface area contributed by atoms with Gasteiger partial charge in [0.2, 0.25) is 5.75 Å². The molecule has 0 amide bonds. The van der Waals surface area contributed by atoms with Crippen molar-refractivity contribution < 1.29 is 31.2 Å². The molecule has 1 aromatic rings. The second kappa shape index (κ2) is 5.02. The molecule has 12 heteroatoms. The molecule has 19 heavy (non-hydrogen) atoms. The number of halogens is 5. The van der Waals surface area contributed by atoms with Gasteiger partial charge in [0.1, 0.15) is 0 Å². The monoisotopic (exact) mass is 339 g/mol. The molecule has 0 atom stereocenters. The lowest BCUT2D eigenvalue weighted by Crippen LogP contribution is -2.19. The standard InChI is InChI=1S/C7H2Cl2F3NO5S/c8-3-1-2-4(13(14)15)5(18-7(10,11)12)6(3)19(9,16)17/h1-2H. The highest BCUT2D eigenvalue weighted by atomic mass is 35.7. The van der Waals surface area contributed by atoms with Gasteiger partial charge in [-0.2, -0.15) is 0 Å². The minimum absolute atomic E-state index is 0.564. The summed E-state index contributed by atoms with van der Waals surface area (Å²) in [6.45, 7) is 0. The molecule has 0 saturated carbocycles. The smallest absolute Gasteiger partial charge is 0.397 e. The third-order valence-electron chi connectivity index (χ3n) is 1.70. The summed E-state index contributed by atoms with van der Waals surface area (Å²) < 4.78 is 62.1. The molecule has 6 nitrogen and oxygen atoms in total. The first kappa shape index (κ1) is 15.8. The molecule has 0 aliphatic rings. The number of benzene rings is 1. The Bertz CT molecular complexity index is 630. The van der Waals surface area contributed by atoms with Crippen molar-refractivity contribution in [3.8, 4) is 5.75 Å². The number of alkyl halides is 3. The molecular formula is C7H2Cl2F3NO5S. The average molecular weight is 340 g/mol. The second-order valence-corrected chi connectivity index (χ2v) is 5.88. The third kappa shape index (κ3) is 3.85. The molecule has 0 unspecified atom stereocenters. The van der Waals surface area contributed by atoms with Gasteiger partial charge in [0.25, 0.3) is 9.05 Å². The van der Waals surface area contributed by atoms with Crippen molar-refractivity contribution in [2.75, 3.05) is 0 Å². The van der Waals surface area contributed by atoms with Crippen LogP contribution in [0.15, 0.2) is 17.0 Å². The van der Waals surface area contributed by atoms with Crippen molar-refractivity contribution >= 4 is 37.0 Å². The first-order chi connectivity index (χ1) is 8.43. The van der Waals surface area contributed by atoms with E-state index in [4.69, 9.17) is 22.3 Å². The lowest BCUT2D eigenvalue weighted by molar-refractivity contribution is -0.389. The van der Waals surface area contributed by atoms with E-state index in [1.807, 2.05) is 0 Å². The fraction of sp³-hybridized carbons (Fsp3) is 0.143. The van der Waals surface area contributed by atoms with Gasteiger partial charge in [-0.05, 0) is 6.07 Å². The van der Waals surface area contributed by atoms with Crippen LogP contribution in [0.2, 0.25) is 5.02 Å². The lowest BCUT2D eigenvalue weighted by atomic mass is 10.3. The molecule has 106 valence electrons. The van der Waals surface area contributed by atoms with E-state index >= 15 is 0 Å². The third-order valence-corrected chi connectivity index (χ3v) is 3.48. The summed E-state index contributed by atoms with van der Waals surface area (Å²) >= 11 is 5.39. The summed E-state index contributed by atoms with van der Waals surface area (Å²) in [4.78, 5) is 8.00. The highest BCUT2D eigenvalue weighted by Gasteiger charge is 2.39. The van der Waals surface area contributed by atoms with Gasteiger partial charge in [0.15, 0.2) is 4.90 Å². The Morgan fingerprint density at radius 3 is 2.21 bits per heavy atom. The van der Waals surface area contributed by atoms with Gasteiger partial charge < -0.3 is 4.74 Å². The number of nitrogens with zero attached hydrogens (tertiary/aromatic N) is 1. The molecule has 0 N–H and O–H groups in total. The molecule has 0 bridgehead atoms. The van der Waals surface area contributed by atoms with Crippen LogP contribution in [-0.4, -0.2) is 19.7 Å². The van der Waals surface area contributed by atoms with Crippen LogP contribution < -0.4 is 4.74 Å². The van der Waals surface area contributed by atoms with E-state index in [0.29, 0.717) is 6.07 Å². The number of hydrogen-bond acceptors (Lipinski definition) is 5. The Balaban J connectivity index is 3.70. The fourth-order valence-electron chi connectivity index (χ4n) is 1.11. The average Bonchev–Trinajstić information content (AvgIpc) is 2.11. The van der Waals surface area contributed by atoms with E-state index in [1.54, 1.807) is 0 Å². The summed E-state index contributed by atoms with van der Waals surface area (Å²) in [5, 5.41) is 9.84. The molecule has 0 spiro atoms. The Morgan fingerprint density at radius 2 is 1.84 bits per heavy atom. The van der Waals surface area contributed by atoms with Gasteiger partial charge in [-0.1, -0.05) is 11.6 Å². The van der Waals surface area contributed by atoms with Crippen LogP contribution in [0, 0.1) is 10.1 Å². The highest BCUT2D eigenvalue weighted by Crippen LogP contribution is 2.42. The van der Waals surface area contributed by atoms with Gasteiger partial charge in [-0.15, -0.1) is 13.2 Å². The van der Waals surface area contributed by atoms with Crippen LogP contribution >= 0.6 is 22.3 Å². The second-order valence-electron chi connectivity index (χ2n) is 2.97. The van der Waals surface area contributed by atoms with Gasteiger partial charge in [-0.3, -0.25) is 10.1 Å². The molecule has 0 aromatic heterocycles. The minimum Gasteiger partial charge on any atom is -0.397 e. The van der Waals surface area contributed by atoms with Gasteiger partial charge in [0.05, 0.1) is 9.95 Å². The summed E-state index contributed by atoms with van der Waals surface area (Å²) in [7, 11) is 0.111. The Hall–Kier alpha value is -1.26. The zero-order valence-corrected chi connectivity index (χ0v) is 10.8. The zero-order chi connectivity index (χ0) is 15.0. The lowest BCUT2D eigenvalue weighted by Gasteiger charge is -2.12. The molecule has 0 fully saturated rings. The Morgan fingerprint density at radius 1 is 1.32 bits per heavy atom. The number of ether oxygens (including phenoxy) is 1. The number of nitro benzene ring substituents is 1. The van der Waals surface area contributed by atoms with Gasteiger partial charge in [-0.25, -0.2) is 8.42 Å². The number of hydrogen-bond donors (Lipinski definition) is 0. The first-order valence-corrected chi connectivity index (χ1v) is 6.79. The minimum atomic E-state index is -5.36.